The molecule has 0 spiro atoms. The SMILES string of the molecule is CN(C)C[C@@H]1OCCN(C(=O)c2ccc(C(F)(F)F)nc2)[C@H]1c1cnn(C)c1. The maximum atomic E-state index is 13.1. The molecule has 3 rings (SSSR count). The summed E-state index contributed by atoms with van der Waals surface area (Å²) in [6.07, 6.45) is -0.378. The smallest absolute Gasteiger partial charge is 0.373 e. The number of hydrogen-bond donors (Lipinski definition) is 0. The van der Waals surface area contributed by atoms with Crippen molar-refractivity contribution >= 4 is 5.91 Å². The van der Waals surface area contributed by atoms with Gasteiger partial charge >= 0.3 is 6.18 Å². The lowest BCUT2D eigenvalue weighted by atomic mass is 9.99. The molecule has 3 heterocycles. The lowest BCUT2D eigenvalue weighted by Gasteiger charge is -2.41. The summed E-state index contributed by atoms with van der Waals surface area (Å²) < 4.78 is 45.8. The van der Waals surface area contributed by atoms with Crippen LogP contribution in [0.5, 0.6) is 0 Å². The van der Waals surface area contributed by atoms with E-state index >= 15 is 0 Å². The molecule has 28 heavy (non-hydrogen) atoms. The summed E-state index contributed by atoms with van der Waals surface area (Å²) >= 11 is 0. The van der Waals surface area contributed by atoms with Crippen LogP contribution in [0.1, 0.15) is 27.7 Å². The van der Waals surface area contributed by atoms with E-state index in [1.165, 1.54) is 0 Å². The van der Waals surface area contributed by atoms with Crippen molar-refractivity contribution in [2.45, 2.75) is 18.3 Å². The second-order valence-corrected chi connectivity index (χ2v) is 6.99. The van der Waals surface area contributed by atoms with E-state index in [0.29, 0.717) is 19.7 Å². The average Bonchev–Trinajstić information content (AvgIpc) is 3.06. The number of pyridine rings is 1. The number of carbonyl (C=O) groups is 1. The molecule has 0 N–H and O–H groups in total. The van der Waals surface area contributed by atoms with E-state index in [9.17, 15) is 18.0 Å². The summed E-state index contributed by atoms with van der Waals surface area (Å²) in [4.78, 5) is 20.1. The molecule has 1 fully saturated rings. The van der Waals surface area contributed by atoms with Crippen LogP contribution in [0.4, 0.5) is 13.2 Å². The molecule has 1 aliphatic heterocycles. The highest BCUT2D eigenvalue weighted by molar-refractivity contribution is 5.94. The Labute approximate surface area is 160 Å². The van der Waals surface area contributed by atoms with Crippen molar-refractivity contribution in [3.63, 3.8) is 0 Å². The first-order valence-electron chi connectivity index (χ1n) is 8.76. The quantitative estimate of drug-likeness (QED) is 0.790. The second kappa shape index (κ2) is 7.88. The van der Waals surface area contributed by atoms with Crippen molar-refractivity contribution in [2.75, 3.05) is 33.8 Å². The zero-order valence-corrected chi connectivity index (χ0v) is 15.8. The largest absolute Gasteiger partial charge is 0.433 e. The summed E-state index contributed by atoms with van der Waals surface area (Å²) in [6.45, 7) is 1.24. The van der Waals surface area contributed by atoms with E-state index in [0.717, 1.165) is 23.9 Å². The number of nitrogens with zero attached hydrogens (tertiary/aromatic N) is 5. The Balaban J connectivity index is 1.91. The first-order chi connectivity index (χ1) is 13.2. The molecule has 0 bridgehead atoms. The van der Waals surface area contributed by atoms with E-state index in [2.05, 4.69) is 10.1 Å². The minimum absolute atomic E-state index is 0.104. The Morgan fingerprint density at radius 3 is 2.61 bits per heavy atom. The van der Waals surface area contributed by atoms with E-state index in [1.807, 2.05) is 25.2 Å². The lowest BCUT2D eigenvalue weighted by Crippen LogP contribution is -2.51. The van der Waals surface area contributed by atoms with Gasteiger partial charge in [-0.15, -0.1) is 0 Å². The van der Waals surface area contributed by atoms with Crippen LogP contribution in [0.15, 0.2) is 30.7 Å². The number of rotatable bonds is 4. The van der Waals surface area contributed by atoms with Crippen LogP contribution in [0.3, 0.4) is 0 Å². The minimum atomic E-state index is -4.55. The van der Waals surface area contributed by atoms with Gasteiger partial charge in [0.1, 0.15) is 5.69 Å². The van der Waals surface area contributed by atoms with Gasteiger partial charge in [0.05, 0.1) is 30.5 Å². The van der Waals surface area contributed by atoms with E-state index in [1.54, 1.807) is 22.8 Å². The van der Waals surface area contributed by atoms with Crippen molar-refractivity contribution in [3.8, 4) is 0 Å². The molecule has 2 atom stereocenters. The molecule has 0 unspecified atom stereocenters. The first-order valence-corrected chi connectivity index (χ1v) is 8.76. The summed E-state index contributed by atoms with van der Waals surface area (Å²) in [5, 5.41) is 4.18. The predicted molar refractivity (Wildman–Crippen MR) is 94.5 cm³/mol. The molecule has 10 heteroatoms. The number of halogens is 3. The fraction of sp³-hybridized carbons (Fsp3) is 0.500. The molecule has 1 amide bonds. The topological polar surface area (TPSA) is 63.5 Å². The van der Waals surface area contributed by atoms with Crippen LogP contribution in [-0.2, 0) is 18.0 Å². The number of morpholine rings is 1. The summed E-state index contributed by atoms with van der Waals surface area (Å²) in [5.41, 5.74) is -0.116. The number of aromatic nitrogens is 3. The van der Waals surface area contributed by atoms with Crippen molar-refractivity contribution < 1.29 is 22.7 Å². The molecule has 2 aromatic rings. The van der Waals surface area contributed by atoms with Gasteiger partial charge in [0.25, 0.3) is 5.91 Å². The summed E-state index contributed by atoms with van der Waals surface area (Å²) in [6, 6.07) is 1.58. The molecular weight excluding hydrogens is 375 g/mol. The highest BCUT2D eigenvalue weighted by atomic mass is 19.4. The third-order valence-corrected chi connectivity index (χ3v) is 4.53. The Bertz CT molecular complexity index is 819. The number of carbonyl (C=O) groups excluding carboxylic acids is 1. The van der Waals surface area contributed by atoms with Crippen LogP contribution < -0.4 is 0 Å². The number of aryl methyl sites for hydroxylation is 1. The Morgan fingerprint density at radius 1 is 1.32 bits per heavy atom. The van der Waals surface area contributed by atoms with Gasteiger partial charge in [-0.25, -0.2) is 0 Å². The molecule has 1 aliphatic rings. The van der Waals surface area contributed by atoms with Crippen LogP contribution >= 0.6 is 0 Å². The minimum Gasteiger partial charge on any atom is -0.373 e. The van der Waals surface area contributed by atoms with Gasteiger partial charge in [0.2, 0.25) is 0 Å². The van der Waals surface area contributed by atoms with Gasteiger partial charge in [0.15, 0.2) is 0 Å². The highest BCUT2D eigenvalue weighted by Crippen LogP contribution is 2.32. The first kappa shape index (κ1) is 20.3. The number of amides is 1. The predicted octanol–water partition coefficient (Wildman–Crippen LogP) is 1.98. The number of likely N-dealkylation sites (N-methyl/N-ethyl adjacent to an activating group) is 1. The molecule has 152 valence electrons. The third-order valence-electron chi connectivity index (χ3n) is 4.53. The highest BCUT2D eigenvalue weighted by Gasteiger charge is 2.38. The van der Waals surface area contributed by atoms with Crippen molar-refractivity contribution in [1.82, 2.24) is 24.6 Å². The molecule has 1 saturated heterocycles. The second-order valence-electron chi connectivity index (χ2n) is 6.99. The van der Waals surface area contributed by atoms with Crippen molar-refractivity contribution in [1.29, 1.82) is 0 Å². The van der Waals surface area contributed by atoms with Crippen LogP contribution in [0, 0.1) is 0 Å². The van der Waals surface area contributed by atoms with E-state index in [4.69, 9.17) is 4.74 Å². The molecule has 2 aromatic heterocycles. The normalized spacial score (nSPS) is 20.6. The van der Waals surface area contributed by atoms with Crippen LogP contribution in [-0.4, -0.2) is 70.4 Å². The Hall–Kier alpha value is -2.46. The van der Waals surface area contributed by atoms with Crippen molar-refractivity contribution in [3.05, 3.63) is 47.5 Å². The zero-order chi connectivity index (χ0) is 20.5. The maximum absolute atomic E-state index is 13.1. The number of alkyl halides is 3. The third kappa shape index (κ3) is 4.33. The van der Waals surface area contributed by atoms with Gasteiger partial charge in [-0.1, -0.05) is 0 Å². The van der Waals surface area contributed by atoms with E-state index in [-0.39, 0.29) is 17.6 Å². The molecule has 0 saturated carbocycles. The van der Waals surface area contributed by atoms with Gasteiger partial charge < -0.3 is 14.5 Å². The van der Waals surface area contributed by atoms with Gasteiger partial charge in [0, 0.05) is 38.1 Å². The molecule has 0 radical (unpaired) electrons. The monoisotopic (exact) mass is 397 g/mol. The fourth-order valence-corrected chi connectivity index (χ4v) is 3.32. The molecule has 7 nitrogen and oxygen atoms in total. The van der Waals surface area contributed by atoms with Gasteiger partial charge in [-0.2, -0.15) is 18.3 Å². The summed E-state index contributed by atoms with van der Waals surface area (Å²) in [5.74, 6) is -0.387. The Kier molecular flexibility index (Phi) is 5.71. The van der Waals surface area contributed by atoms with Crippen molar-refractivity contribution in [2.24, 2.45) is 7.05 Å². The fourth-order valence-electron chi connectivity index (χ4n) is 3.32. The molecular formula is C18H22F3N5O2. The lowest BCUT2D eigenvalue weighted by molar-refractivity contribution is -0.141. The average molecular weight is 397 g/mol. The maximum Gasteiger partial charge on any atom is 0.433 e. The number of hydrogen-bond acceptors (Lipinski definition) is 5. The number of ether oxygens (including phenoxy) is 1. The molecule has 0 aliphatic carbocycles. The van der Waals surface area contributed by atoms with Gasteiger partial charge in [-0.3, -0.25) is 14.5 Å². The standard InChI is InChI=1S/C18H22F3N5O2/c1-24(2)11-14-16(13-9-23-25(3)10-13)26(6-7-28-14)17(27)12-4-5-15(22-8-12)18(19,20)21/h4-5,8-10,14,16H,6-7,11H2,1-3H3/t14-,16-/m0/s1. The van der Waals surface area contributed by atoms with Crippen LogP contribution in [0.2, 0.25) is 0 Å². The Morgan fingerprint density at radius 2 is 2.07 bits per heavy atom. The summed E-state index contributed by atoms with van der Waals surface area (Å²) in [7, 11) is 5.59. The van der Waals surface area contributed by atoms with Gasteiger partial charge in [-0.05, 0) is 26.2 Å². The zero-order valence-electron chi connectivity index (χ0n) is 15.8. The van der Waals surface area contributed by atoms with Crippen LogP contribution in [0.25, 0.3) is 0 Å². The molecule has 0 aromatic carbocycles. The van der Waals surface area contributed by atoms with E-state index < -0.39 is 17.9 Å².